The van der Waals surface area contributed by atoms with Crippen molar-refractivity contribution in [3.05, 3.63) is 24.3 Å². The second kappa shape index (κ2) is 8.17. The summed E-state index contributed by atoms with van der Waals surface area (Å²) in [5.41, 5.74) is 1.49. The average Bonchev–Trinajstić information content (AvgIpc) is 2.55. The summed E-state index contributed by atoms with van der Waals surface area (Å²) in [6.45, 7) is 4.00. The van der Waals surface area contributed by atoms with Crippen molar-refractivity contribution < 1.29 is 14.4 Å². The van der Waals surface area contributed by atoms with Gasteiger partial charge in [-0.15, -0.1) is 0 Å². The fraction of sp³-hybridized carbons (Fsp3) is 0.438. The van der Waals surface area contributed by atoms with Crippen LogP contribution >= 0.6 is 0 Å². The van der Waals surface area contributed by atoms with Gasteiger partial charge in [-0.3, -0.25) is 19.7 Å². The van der Waals surface area contributed by atoms with E-state index >= 15 is 0 Å². The molecule has 6 nitrogen and oxygen atoms in total. The van der Waals surface area contributed by atoms with Gasteiger partial charge in [-0.2, -0.15) is 0 Å². The first kappa shape index (κ1) is 17.7. The van der Waals surface area contributed by atoms with Crippen molar-refractivity contribution in [2.24, 2.45) is 0 Å². The van der Waals surface area contributed by atoms with Gasteiger partial charge in [0.05, 0.1) is 11.4 Å². The van der Waals surface area contributed by atoms with Crippen LogP contribution in [0.3, 0.4) is 0 Å². The number of hydrogen-bond acceptors (Lipinski definition) is 4. The largest absolute Gasteiger partial charge is 0.361 e. The zero-order valence-electron chi connectivity index (χ0n) is 13.5. The standard InChI is InChI=1S/C14H17N3O3.C2H6/c1-16(9-18)10-5-3-4-6-11(10)17(2)12-7-8-13(19)15-14(12)20;1-2/h3-6,9,12H,7-8H2,1-2H3,(H,15,19,20);1-2H3. The summed E-state index contributed by atoms with van der Waals surface area (Å²) in [7, 11) is 3.45. The van der Waals surface area contributed by atoms with Crippen LogP contribution in [0.25, 0.3) is 0 Å². The lowest BCUT2D eigenvalue weighted by Crippen LogP contribution is -2.51. The maximum absolute atomic E-state index is 11.9. The molecule has 1 unspecified atom stereocenters. The molecule has 22 heavy (non-hydrogen) atoms. The van der Waals surface area contributed by atoms with Crippen LogP contribution in [-0.4, -0.2) is 38.4 Å². The molecule has 0 spiro atoms. The first-order valence-electron chi connectivity index (χ1n) is 7.38. The molecule has 1 saturated heterocycles. The number of anilines is 2. The third-order valence-electron chi connectivity index (χ3n) is 3.48. The maximum Gasteiger partial charge on any atom is 0.249 e. The molecule has 3 amide bonds. The number of para-hydroxylation sites is 2. The average molecular weight is 305 g/mol. The SMILES string of the molecule is CC.CN(C=O)c1ccccc1N(C)C1CCC(=O)NC1=O. The molecule has 0 aliphatic carbocycles. The predicted octanol–water partition coefficient (Wildman–Crippen LogP) is 1.55. The Balaban J connectivity index is 0.00000116. The number of imide groups is 1. The number of carbonyl (C=O) groups excluding carboxylic acids is 3. The summed E-state index contributed by atoms with van der Waals surface area (Å²) in [6, 6.07) is 6.93. The molecule has 1 N–H and O–H groups in total. The van der Waals surface area contributed by atoms with E-state index in [1.54, 1.807) is 19.0 Å². The Morgan fingerprint density at radius 3 is 2.27 bits per heavy atom. The quantitative estimate of drug-likeness (QED) is 0.677. The fourth-order valence-corrected chi connectivity index (χ4v) is 2.34. The molecule has 0 saturated carbocycles. The lowest BCUT2D eigenvalue weighted by atomic mass is 10.0. The third kappa shape index (κ3) is 3.84. The van der Waals surface area contributed by atoms with Crippen molar-refractivity contribution in [1.29, 1.82) is 0 Å². The van der Waals surface area contributed by atoms with Crippen molar-refractivity contribution in [1.82, 2.24) is 5.32 Å². The van der Waals surface area contributed by atoms with E-state index in [1.807, 2.05) is 38.1 Å². The molecule has 120 valence electrons. The normalized spacial score (nSPS) is 17.0. The van der Waals surface area contributed by atoms with Crippen LogP contribution in [0.1, 0.15) is 26.7 Å². The summed E-state index contributed by atoms with van der Waals surface area (Å²) in [5.74, 6) is -0.537. The van der Waals surface area contributed by atoms with Crippen molar-refractivity contribution in [3.8, 4) is 0 Å². The Hall–Kier alpha value is -2.37. The number of amides is 3. The molecule has 1 aromatic rings. The number of carbonyl (C=O) groups is 3. The van der Waals surface area contributed by atoms with E-state index in [-0.39, 0.29) is 11.8 Å². The zero-order chi connectivity index (χ0) is 16.7. The molecule has 2 rings (SSSR count). The van der Waals surface area contributed by atoms with Gasteiger partial charge in [0, 0.05) is 20.5 Å². The van der Waals surface area contributed by atoms with Gasteiger partial charge in [0.1, 0.15) is 6.04 Å². The minimum Gasteiger partial charge on any atom is -0.361 e. The minimum atomic E-state index is -0.408. The molecule has 1 heterocycles. The number of likely N-dealkylation sites (N-methyl/N-ethyl adjacent to an activating group) is 1. The van der Waals surface area contributed by atoms with Crippen molar-refractivity contribution in [2.45, 2.75) is 32.7 Å². The van der Waals surface area contributed by atoms with E-state index in [1.165, 1.54) is 4.90 Å². The van der Waals surface area contributed by atoms with Gasteiger partial charge in [0.25, 0.3) is 0 Å². The lowest BCUT2D eigenvalue weighted by molar-refractivity contribution is -0.134. The van der Waals surface area contributed by atoms with Crippen LogP contribution in [0, 0.1) is 0 Å². The van der Waals surface area contributed by atoms with Gasteiger partial charge in [-0.1, -0.05) is 26.0 Å². The second-order valence-corrected chi connectivity index (χ2v) is 4.78. The second-order valence-electron chi connectivity index (χ2n) is 4.78. The number of benzene rings is 1. The Morgan fingerprint density at radius 2 is 1.73 bits per heavy atom. The van der Waals surface area contributed by atoms with E-state index in [9.17, 15) is 14.4 Å². The van der Waals surface area contributed by atoms with Gasteiger partial charge < -0.3 is 9.80 Å². The first-order valence-corrected chi connectivity index (χ1v) is 7.38. The smallest absolute Gasteiger partial charge is 0.249 e. The summed E-state index contributed by atoms with van der Waals surface area (Å²) in [4.78, 5) is 37.3. The van der Waals surface area contributed by atoms with Crippen LogP contribution in [0.15, 0.2) is 24.3 Å². The molecule has 0 aromatic heterocycles. The minimum absolute atomic E-state index is 0.238. The van der Waals surface area contributed by atoms with Crippen molar-refractivity contribution >= 4 is 29.6 Å². The van der Waals surface area contributed by atoms with Crippen molar-refractivity contribution in [3.63, 3.8) is 0 Å². The van der Waals surface area contributed by atoms with Crippen LogP contribution in [-0.2, 0) is 14.4 Å². The maximum atomic E-state index is 11.9. The highest BCUT2D eigenvalue weighted by molar-refractivity contribution is 6.02. The number of nitrogens with one attached hydrogen (secondary N) is 1. The van der Waals surface area contributed by atoms with E-state index < -0.39 is 6.04 Å². The highest BCUT2D eigenvalue weighted by Crippen LogP contribution is 2.29. The van der Waals surface area contributed by atoms with Gasteiger partial charge in [-0.25, -0.2) is 0 Å². The van der Waals surface area contributed by atoms with E-state index in [4.69, 9.17) is 0 Å². The van der Waals surface area contributed by atoms with Crippen molar-refractivity contribution in [2.75, 3.05) is 23.9 Å². The van der Waals surface area contributed by atoms with Gasteiger partial charge in [0.15, 0.2) is 0 Å². The van der Waals surface area contributed by atoms with Crippen LogP contribution in [0.2, 0.25) is 0 Å². The molecule has 1 aliphatic rings. The molecule has 6 heteroatoms. The number of nitrogens with zero attached hydrogens (tertiary/aromatic N) is 2. The van der Waals surface area contributed by atoms with Crippen LogP contribution in [0.4, 0.5) is 11.4 Å². The summed E-state index contributed by atoms with van der Waals surface area (Å²) in [5, 5.41) is 2.34. The summed E-state index contributed by atoms with van der Waals surface area (Å²) in [6.07, 6.45) is 1.52. The molecular weight excluding hydrogens is 282 g/mol. The third-order valence-corrected chi connectivity index (χ3v) is 3.48. The lowest BCUT2D eigenvalue weighted by Gasteiger charge is -2.33. The zero-order valence-corrected chi connectivity index (χ0v) is 13.5. The monoisotopic (exact) mass is 305 g/mol. The molecule has 1 atom stereocenters. The highest BCUT2D eigenvalue weighted by atomic mass is 16.2. The molecule has 0 radical (unpaired) electrons. The number of hydrogen-bond donors (Lipinski definition) is 1. The molecule has 0 bridgehead atoms. The Labute approximate surface area is 131 Å². The highest BCUT2D eigenvalue weighted by Gasteiger charge is 2.31. The van der Waals surface area contributed by atoms with E-state index in [0.717, 1.165) is 17.8 Å². The molecule has 1 aliphatic heterocycles. The summed E-state index contributed by atoms with van der Waals surface area (Å²) >= 11 is 0. The first-order chi connectivity index (χ1) is 10.5. The van der Waals surface area contributed by atoms with Gasteiger partial charge >= 0.3 is 0 Å². The number of rotatable bonds is 4. The van der Waals surface area contributed by atoms with Gasteiger partial charge in [0.2, 0.25) is 18.2 Å². The molecule has 1 fully saturated rings. The fourth-order valence-electron chi connectivity index (χ4n) is 2.34. The molecular formula is C16H23N3O3. The topological polar surface area (TPSA) is 69.7 Å². The Bertz CT molecular complexity index is 545. The van der Waals surface area contributed by atoms with Crippen LogP contribution in [0.5, 0.6) is 0 Å². The van der Waals surface area contributed by atoms with E-state index in [2.05, 4.69) is 5.32 Å². The Morgan fingerprint density at radius 1 is 1.14 bits per heavy atom. The van der Waals surface area contributed by atoms with Gasteiger partial charge in [-0.05, 0) is 18.6 Å². The molecule has 1 aromatic carbocycles. The predicted molar refractivity (Wildman–Crippen MR) is 86.8 cm³/mol. The summed E-state index contributed by atoms with van der Waals surface area (Å²) < 4.78 is 0. The van der Waals surface area contributed by atoms with E-state index in [0.29, 0.717) is 12.8 Å². The number of piperidine rings is 1. The van der Waals surface area contributed by atoms with Crippen LogP contribution < -0.4 is 15.1 Å². The Kier molecular flexibility index (Phi) is 6.56.